The Morgan fingerprint density at radius 2 is 2.17 bits per heavy atom. The highest BCUT2D eigenvalue weighted by Crippen LogP contribution is 2.20. The van der Waals surface area contributed by atoms with Gasteiger partial charge in [0.15, 0.2) is 0 Å². The van der Waals surface area contributed by atoms with E-state index in [0.29, 0.717) is 0 Å². The highest BCUT2D eigenvalue weighted by Gasteiger charge is 2.11. The Morgan fingerprint density at radius 3 is 2.67 bits per heavy atom. The van der Waals surface area contributed by atoms with Crippen molar-refractivity contribution in [3.63, 3.8) is 0 Å². The zero-order chi connectivity index (χ0) is 9.14. The van der Waals surface area contributed by atoms with Crippen LogP contribution in [0.3, 0.4) is 0 Å². The second-order valence-corrected chi connectivity index (χ2v) is 2.74. The van der Waals surface area contributed by atoms with Gasteiger partial charge in [-0.1, -0.05) is 0 Å². The lowest BCUT2D eigenvalue weighted by molar-refractivity contribution is 0.0698. The number of hydrogen-bond donors (Lipinski definition) is 3. The van der Waals surface area contributed by atoms with Crippen LogP contribution in [-0.4, -0.2) is 17.1 Å². The van der Waals surface area contributed by atoms with Crippen molar-refractivity contribution in [3.8, 4) is 0 Å². The van der Waals surface area contributed by atoms with E-state index in [0.717, 1.165) is 0 Å². The summed E-state index contributed by atoms with van der Waals surface area (Å²) in [5.74, 6) is -1.08. The number of urea groups is 1. The van der Waals surface area contributed by atoms with Gasteiger partial charge in [0.2, 0.25) is 0 Å². The SMILES string of the molecule is NC(=O)Nc1cscc1C(=O)O. The van der Waals surface area contributed by atoms with Crippen molar-refractivity contribution in [1.82, 2.24) is 0 Å². The molecule has 64 valence electrons. The minimum absolute atomic E-state index is 0.0544. The average Bonchev–Trinajstić information content (AvgIpc) is 2.33. The average molecular weight is 186 g/mol. The predicted molar refractivity (Wildman–Crippen MR) is 44.5 cm³/mol. The largest absolute Gasteiger partial charge is 0.478 e. The van der Waals surface area contributed by atoms with Crippen molar-refractivity contribution in [2.75, 3.05) is 5.32 Å². The maximum absolute atomic E-state index is 10.5. The van der Waals surface area contributed by atoms with Crippen LogP contribution in [0.2, 0.25) is 0 Å². The summed E-state index contributed by atoms with van der Waals surface area (Å²) >= 11 is 1.19. The van der Waals surface area contributed by atoms with Gasteiger partial charge < -0.3 is 16.2 Å². The summed E-state index contributed by atoms with van der Waals surface area (Å²) in [4.78, 5) is 20.8. The number of anilines is 1. The molecule has 0 aromatic carbocycles. The van der Waals surface area contributed by atoms with E-state index < -0.39 is 12.0 Å². The number of thiophene rings is 1. The molecule has 0 saturated carbocycles. The molecule has 0 aliphatic carbocycles. The molecule has 0 spiro atoms. The molecular weight excluding hydrogens is 180 g/mol. The summed E-state index contributed by atoms with van der Waals surface area (Å²) in [6, 6.07) is -0.768. The van der Waals surface area contributed by atoms with E-state index in [-0.39, 0.29) is 11.3 Å². The molecule has 5 nitrogen and oxygen atoms in total. The minimum Gasteiger partial charge on any atom is -0.478 e. The number of primary amides is 1. The summed E-state index contributed by atoms with van der Waals surface area (Å²) in [6.07, 6.45) is 0. The summed E-state index contributed by atoms with van der Waals surface area (Å²) in [5, 5.41) is 13.7. The Hall–Kier alpha value is -1.56. The van der Waals surface area contributed by atoms with Crippen LogP contribution in [0.25, 0.3) is 0 Å². The highest BCUT2D eigenvalue weighted by atomic mass is 32.1. The van der Waals surface area contributed by atoms with Gasteiger partial charge in [0.25, 0.3) is 0 Å². The summed E-state index contributed by atoms with van der Waals surface area (Å²) < 4.78 is 0. The van der Waals surface area contributed by atoms with Gasteiger partial charge in [-0.15, -0.1) is 11.3 Å². The lowest BCUT2D eigenvalue weighted by atomic mass is 10.3. The molecule has 1 aromatic heterocycles. The molecule has 4 N–H and O–H groups in total. The molecule has 0 atom stereocenters. The second kappa shape index (κ2) is 3.22. The lowest BCUT2D eigenvalue weighted by Gasteiger charge is -1.98. The number of nitrogens with two attached hydrogens (primary N) is 1. The van der Waals surface area contributed by atoms with Crippen molar-refractivity contribution in [3.05, 3.63) is 16.3 Å². The zero-order valence-electron chi connectivity index (χ0n) is 5.90. The zero-order valence-corrected chi connectivity index (χ0v) is 6.72. The van der Waals surface area contributed by atoms with Crippen molar-refractivity contribution < 1.29 is 14.7 Å². The number of aromatic carboxylic acids is 1. The van der Waals surface area contributed by atoms with Crippen LogP contribution >= 0.6 is 11.3 Å². The lowest BCUT2D eigenvalue weighted by Crippen LogP contribution is -2.20. The van der Waals surface area contributed by atoms with E-state index in [1.165, 1.54) is 22.1 Å². The van der Waals surface area contributed by atoms with Crippen LogP contribution < -0.4 is 11.1 Å². The maximum atomic E-state index is 10.5. The quantitative estimate of drug-likeness (QED) is 0.641. The third-order valence-electron chi connectivity index (χ3n) is 1.15. The number of rotatable bonds is 2. The number of amides is 2. The first-order valence-corrected chi connectivity index (χ1v) is 3.91. The number of hydrogen-bond acceptors (Lipinski definition) is 3. The van der Waals surface area contributed by atoms with Gasteiger partial charge in [-0.05, 0) is 0 Å². The molecule has 1 aromatic rings. The van der Waals surface area contributed by atoms with E-state index in [1.54, 1.807) is 0 Å². The topological polar surface area (TPSA) is 92.4 Å². The Morgan fingerprint density at radius 1 is 1.50 bits per heavy atom. The molecule has 0 bridgehead atoms. The maximum Gasteiger partial charge on any atom is 0.338 e. The van der Waals surface area contributed by atoms with Crippen LogP contribution in [-0.2, 0) is 0 Å². The van der Waals surface area contributed by atoms with Gasteiger partial charge in [-0.3, -0.25) is 0 Å². The van der Waals surface area contributed by atoms with E-state index in [4.69, 9.17) is 10.8 Å². The molecule has 0 fully saturated rings. The van der Waals surface area contributed by atoms with Gasteiger partial charge in [0.05, 0.1) is 11.3 Å². The molecule has 0 aliphatic rings. The molecule has 0 radical (unpaired) electrons. The van der Waals surface area contributed by atoms with Crippen molar-refractivity contribution in [2.45, 2.75) is 0 Å². The van der Waals surface area contributed by atoms with Gasteiger partial charge in [0, 0.05) is 10.8 Å². The molecule has 6 heteroatoms. The standard InChI is InChI=1S/C6H6N2O3S/c7-6(11)8-4-2-12-1-3(4)5(9)10/h1-2H,(H,9,10)(H3,7,8,11). The molecule has 12 heavy (non-hydrogen) atoms. The van der Waals surface area contributed by atoms with Crippen molar-refractivity contribution >= 4 is 29.0 Å². The van der Waals surface area contributed by atoms with Crippen molar-refractivity contribution in [1.29, 1.82) is 0 Å². The molecule has 1 heterocycles. The number of carbonyl (C=O) groups is 2. The Kier molecular flexibility index (Phi) is 2.29. The monoisotopic (exact) mass is 186 g/mol. The number of carboxylic acids is 1. The van der Waals surface area contributed by atoms with Crippen LogP contribution in [0.15, 0.2) is 10.8 Å². The Bertz CT molecular complexity index is 320. The van der Waals surface area contributed by atoms with E-state index in [9.17, 15) is 9.59 Å². The van der Waals surface area contributed by atoms with Gasteiger partial charge >= 0.3 is 12.0 Å². The van der Waals surface area contributed by atoms with Crippen LogP contribution in [0, 0.1) is 0 Å². The van der Waals surface area contributed by atoms with E-state index >= 15 is 0 Å². The molecular formula is C6H6N2O3S. The fourth-order valence-corrected chi connectivity index (χ4v) is 1.45. The third-order valence-corrected chi connectivity index (χ3v) is 1.89. The second-order valence-electron chi connectivity index (χ2n) is 1.99. The molecule has 0 unspecified atom stereocenters. The first kappa shape index (κ1) is 8.54. The first-order chi connectivity index (χ1) is 5.61. The predicted octanol–water partition coefficient (Wildman–Crippen LogP) is 0.937. The molecule has 1 rings (SSSR count). The van der Waals surface area contributed by atoms with Crippen LogP contribution in [0.4, 0.5) is 10.5 Å². The summed E-state index contributed by atoms with van der Waals surface area (Å²) in [6.45, 7) is 0. The third kappa shape index (κ3) is 1.73. The molecule has 0 saturated heterocycles. The van der Waals surface area contributed by atoms with Gasteiger partial charge in [-0.25, -0.2) is 9.59 Å². The Balaban J connectivity index is 2.91. The fraction of sp³-hybridized carbons (Fsp3) is 0. The van der Waals surface area contributed by atoms with E-state index in [1.807, 2.05) is 0 Å². The summed E-state index contributed by atoms with van der Waals surface area (Å²) in [7, 11) is 0. The van der Waals surface area contributed by atoms with Crippen LogP contribution in [0.5, 0.6) is 0 Å². The normalized spacial score (nSPS) is 9.33. The molecule has 2 amide bonds. The van der Waals surface area contributed by atoms with Gasteiger partial charge in [0.1, 0.15) is 0 Å². The fourth-order valence-electron chi connectivity index (χ4n) is 0.692. The van der Waals surface area contributed by atoms with Crippen molar-refractivity contribution in [2.24, 2.45) is 5.73 Å². The van der Waals surface area contributed by atoms with E-state index in [2.05, 4.69) is 5.32 Å². The number of nitrogens with one attached hydrogen (secondary N) is 1. The number of carboxylic acid groups (broad SMARTS) is 1. The minimum atomic E-state index is -1.08. The molecule has 0 aliphatic heterocycles. The summed E-state index contributed by atoms with van der Waals surface area (Å²) in [5.41, 5.74) is 5.10. The van der Waals surface area contributed by atoms with Crippen LogP contribution in [0.1, 0.15) is 10.4 Å². The Labute approximate surface area is 71.8 Å². The van der Waals surface area contributed by atoms with Gasteiger partial charge in [-0.2, -0.15) is 0 Å². The smallest absolute Gasteiger partial charge is 0.338 e. The number of carbonyl (C=O) groups excluding carboxylic acids is 1. The first-order valence-electron chi connectivity index (χ1n) is 2.97. The highest BCUT2D eigenvalue weighted by molar-refractivity contribution is 7.08.